The minimum Gasteiger partial charge on any atom is -0.422 e. The van der Waals surface area contributed by atoms with Crippen LogP contribution in [0.25, 0.3) is 0 Å². The lowest BCUT2D eigenvalue weighted by atomic mass is 9.69. The van der Waals surface area contributed by atoms with E-state index < -0.39 is 40.5 Å². The molecule has 3 saturated heterocycles. The number of hydrogen-bond acceptors (Lipinski definition) is 7. The van der Waals surface area contributed by atoms with E-state index in [1.54, 1.807) is 121 Å². The Kier molecular flexibility index (Phi) is 4.66. The monoisotopic (exact) mass is 504 g/mol. The fourth-order valence-electron chi connectivity index (χ4n) is 5.69. The number of rotatable bonds is 6. The zero-order valence-corrected chi connectivity index (χ0v) is 19.9. The van der Waals surface area contributed by atoms with Crippen molar-refractivity contribution in [1.82, 2.24) is 0 Å². The van der Waals surface area contributed by atoms with E-state index in [0.717, 1.165) is 0 Å². The smallest absolute Gasteiger partial charge is 0.353 e. The Morgan fingerprint density at radius 2 is 1.00 bits per heavy atom. The van der Waals surface area contributed by atoms with Crippen molar-refractivity contribution in [3.8, 4) is 0 Å². The normalized spacial score (nSPS) is 30.7. The van der Waals surface area contributed by atoms with Crippen LogP contribution in [0.2, 0.25) is 0 Å². The number of fused-ring (bicyclic) bond motifs is 1. The Morgan fingerprint density at radius 1 is 0.526 bits per heavy atom. The first-order chi connectivity index (χ1) is 18.5. The van der Waals surface area contributed by atoms with Crippen molar-refractivity contribution < 1.29 is 33.3 Å². The van der Waals surface area contributed by atoms with Gasteiger partial charge in [-0.05, 0) is 0 Å². The van der Waals surface area contributed by atoms with Crippen LogP contribution in [-0.2, 0) is 35.5 Å². The fourth-order valence-corrected chi connectivity index (χ4v) is 5.69. The zero-order valence-electron chi connectivity index (χ0n) is 19.9. The van der Waals surface area contributed by atoms with Crippen LogP contribution in [0.1, 0.15) is 31.8 Å². The average molecular weight is 504 g/mol. The van der Waals surface area contributed by atoms with Gasteiger partial charge in [-0.3, -0.25) is 23.8 Å². The third-order valence-corrected chi connectivity index (χ3v) is 7.33. The van der Waals surface area contributed by atoms with Crippen molar-refractivity contribution in [1.29, 1.82) is 0 Å². The van der Waals surface area contributed by atoms with Gasteiger partial charge in [-0.1, -0.05) is 121 Å². The van der Waals surface area contributed by atoms with Crippen LogP contribution in [0.3, 0.4) is 0 Å². The van der Waals surface area contributed by atoms with Gasteiger partial charge >= 0.3 is 11.9 Å². The molecular formula is C31H20O7. The second kappa shape index (κ2) is 7.79. The topological polar surface area (TPSA) is 88.1 Å². The molecule has 3 aliphatic heterocycles. The highest BCUT2D eigenvalue weighted by atomic mass is 17.0. The molecule has 7 rings (SSSR count). The molecule has 7 nitrogen and oxygen atoms in total. The first kappa shape index (κ1) is 22.7. The van der Waals surface area contributed by atoms with Gasteiger partial charge in [0.2, 0.25) is 11.6 Å². The third-order valence-electron chi connectivity index (χ3n) is 7.33. The lowest BCUT2D eigenvalue weighted by Gasteiger charge is -2.40. The van der Waals surface area contributed by atoms with E-state index in [1.807, 2.05) is 0 Å². The standard InChI is InChI=1S/C31H20O7/c32-25(21-13-5-1-6-14-21)28-27(34)35-30(23-17-9-3-10-18-23)29(28,26(33)22-15-7-2-8-16-22)37-31(36-28,38-30)24-19-11-4-12-20-24/h1-20H/t28-,29-,30-,31-/m1/s1. The van der Waals surface area contributed by atoms with Crippen LogP contribution in [0.4, 0.5) is 0 Å². The summed E-state index contributed by atoms with van der Waals surface area (Å²) in [7, 11) is 0. The van der Waals surface area contributed by atoms with Crippen LogP contribution in [0.15, 0.2) is 121 Å². The summed E-state index contributed by atoms with van der Waals surface area (Å²) in [4.78, 5) is 43.1. The lowest BCUT2D eigenvalue weighted by molar-refractivity contribution is -0.372. The molecule has 0 unspecified atom stereocenters. The second-order valence-corrected chi connectivity index (χ2v) is 9.35. The maximum Gasteiger partial charge on any atom is 0.353 e. The van der Waals surface area contributed by atoms with Crippen LogP contribution in [0.5, 0.6) is 0 Å². The minimum absolute atomic E-state index is 0.160. The van der Waals surface area contributed by atoms with Crippen LogP contribution in [0, 0.1) is 0 Å². The summed E-state index contributed by atoms with van der Waals surface area (Å²) in [6, 6.07) is 33.7. The average Bonchev–Trinajstić information content (AvgIpc) is 3.51. The van der Waals surface area contributed by atoms with E-state index in [4.69, 9.17) is 18.9 Å². The van der Waals surface area contributed by atoms with Crippen molar-refractivity contribution in [2.45, 2.75) is 23.0 Å². The summed E-state index contributed by atoms with van der Waals surface area (Å²) >= 11 is 0. The second-order valence-electron chi connectivity index (χ2n) is 9.35. The van der Waals surface area contributed by atoms with E-state index in [1.165, 1.54) is 0 Å². The minimum atomic E-state index is -2.49. The van der Waals surface area contributed by atoms with E-state index in [9.17, 15) is 14.4 Å². The van der Waals surface area contributed by atoms with Crippen LogP contribution < -0.4 is 0 Å². The quantitative estimate of drug-likeness (QED) is 0.217. The predicted molar refractivity (Wildman–Crippen MR) is 133 cm³/mol. The number of carbonyl (C=O) groups excluding carboxylic acids is 3. The molecule has 3 aliphatic rings. The molecule has 0 amide bonds. The number of carbonyl (C=O) groups is 3. The Morgan fingerprint density at radius 3 is 1.55 bits per heavy atom. The molecule has 3 fully saturated rings. The zero-order chi connectivity index (χ0) is 26.0. The van der Waals surface area contributed by atoms with Gasteiger partial charge in [-0.15, -0.1) is 0 Å². The highest BCUT2D eigenvalue weighted by Gasteiger charge is 2.97. The lowest BCUT2D eigenvalue weighted by Crippen LogP contribution is -2.68. The number of ether oxygens (including phenoxy) is 4. The van der Waals surface area contributed by atoms with Crippen molar-refractivity contribution in [2.75, 3.05) is 0 Å². The highest BCUT2D eigenvalue weighted by Crippen LogP contribution is 2.71. The van der Waals surface area contributed by atoms with Crippen molar-refractivity contribution in [2.24, 2.45) is 0 Å². The highest BCUT2D eigenvalue weighted by molar-refractivity contribution is 6.25. The number of ketones is 2. The molecule has 0 saturated carbocycles. The number of hydrogen-bond donors (Lipinski definition) is 0. The van der Waals surface area contributed by atoms with Gasteiger partial charge in [0.25, 0.3) is 17.0 Å². The largest absolute Gasteiger partial charge is 0.422 e. The van der Waals surface area contributed by atoms with Crippen LogP contribution >= 0.6 is 0 Å². The van der Waals surface area contributed by atoms with E-state index >= 15 is 0 Å². The SMILES string of the molecule is O=C1O[C@]2(c3ccccc3)O[C@]3(c4ccccc4)O[C@@]1(C(=O)c1ccccc1)[C@@]2(C(=O)c1ccccc1)O3. The molecule has 3 heterocycles. The van der Waals surface area contributed by atoms with Gasteiger partial charge < -0.3 is 4.74 Å². The molecule has 0 N–H and O–H groups in total. The van der Waals surface area contributed by atoms with Gasteiger partial charge in [-0.2, -0.15) is 0 Å². The van der Waals surface area contributed by atoms with E-state index in [-0.39, 0.29) is 11.1 Å². The molecule has 2 bridgehead atoms. The summed E-state index contributed by atoms with van der Waals surface area (Å²) in [5, 5.41) is 0. The molecule has 4 aromatic rings. The van der Waals surface area contributed by atoms with E-state index in [2.05, 4.69) is 0 Å². The predicted octanol–water partition coefficient (Wildman–Crippen LogP) is 4.53. The first-order valence-corrected chi connectivity index (χ1v) is 12.1. The summed E-state index contributed by atoms with van der Waals surface area (Å²) in [5.74, 6) is -6.69. The van der Waals surface area contributed by atoms with Crippen molar-refractivity contribution in [3.05, 3.63) is 144 Å². The van der Waals surface area contributed by atoms with Crippen LogP contribution in [-0.4, -0.2) is 28.7 Å². The fraction of sp³-hybridized carbons (Fsp3) is 0.129. The number of benzene rings is 4. The molecule has 38 heavy (non-hydrogen) atoms. The van der Waals surface area contributed by atoms with Gasteiger partial charge in [0.15, 0.2) is 0 Å². The molecule has 0 aromatic heterocycles. The summed E-state index contributed by atoms with van der Waals surface area (Å²) < 4.78 is 25.4. The maximum atomic E-state index is 14.7. The van der Waals surface area contributed by atoms with Crippen molar-refractivity contribution >= 4 is 17.5 Å². The molecule has 4 aromatic carbocycles. The molecular weight excluding hydrogens is 484 g/mol. The maximum absolute atomic E-state index is 14.7. The van der Waals surface area contributed by atoms with Gasteiger partial charge in [0.1, 0.15) is 0 Å². The van der Waals surface area contributed by atoms with E-state index in [0.29, 0.717) is 11.1 Å². The summed E-state index contributed by atoms with van der Waals surface area (Å²) in [6.45, 7) is 0. The number of esters is 1. The molecule has 0 radical (unpaired) electrons. The number of Topliss-reactive ketones (excluding diaryl/α,β-unsaturated/α-hetero) is 2. The van der Waals surface area contributed by atoms with Gasteiger partial charge in [-0.25, -0.2) is 4.79 Å². The molecule has 0 spiro atoms. The summed E-state index contributed by atoms with van der Waals surface area (Å²) in [5.41, 5.74) is -3.78. The Balaban J connectivity index is 1.58. The first-order valence-electron chi connectivity index (χ1n) is 12.1. The van der Waals surface area contributed by atoms with Gasteiger partial charge in [0.05, 0.1) is 0 Å². The molecule has 4 atom stereocenters. The molecule has 7 heteroatoms. The Bertz CT molecular complexity index is 1570. The Labute approximate surface area is 217 Å². The summed E-state index contributed by atoms with van der Waals surface area (Å²) in [6.07, 6.45) is 0. The molecule has 0 aliphatic carbocycles. The van der Waals surface area contributed by atoms with Crippen molar-refractivity contribution in [3.63, 3.8) is 0 Å². The third kappa shape index (κ3) is 2.60. The molecule has 186 valence electrons. The Hall–Kier alpha value is -4.43. The van der Waals surface area contributed by atoms with Gasteiger partial charge in [0, 0.05) is 22.3 Å².